The quantitative estimate of drug-likeness (QED) is 0.337. The predicted octanol–water partition coefficient (Wildman–Crippen LogP) is 5.14. The fraction of sp³-hybridized carbons (Fsp3) is 0.0800. The van der Waals surface area contributed by atoms with E-state index < -0.39 is 11.8 Å². The topological polar surface area (TPSA) is 92.2 Å². The van der Waals surface area contributed by atoms with Crippen molar-refractivity contribution in [3.63, 3.8) is 0 Å². The van der Waals surface area contributed by atoms with Crippen LogP contribution in [0.25, 0.3) is 5.69 Å². The number of rotatable bonds is 5. The minimum Gasteiger partial charge on any atom is -0.320 e. The Labute approximate surface area is 205 Å². The molecule has 2 aromatic carbocycles. The molecule has 9 heteroatoms. The summed E-state index contributed by atoms with van der Waals surface area (Å²) >= 11 is 7.48. The molecule has 0 fully saturated rings. The van der Waals surface area contributed by atoms with Crippen LogP contribution < -0.4 is 16.2 Å². The maximum atomic E-state index is 12.8. The van der Waals surface area contributed by atoms with Crippen LogP contribution in [0.4, 0.5) is 5.69 Å². The number of nitrogens with one attached hydrogen (secondary N) is 3. The van der Waals surface area contributed by atoms with Crippen LogP contribution in [0.3, 0.4) is 0 Å². The van der Waals surface area contributed by atoms with E-state index in [4.69, 9.17) is 11.6 Å². The molecule has 0 bridgehead atoms. The van der Waals surface area contributed by atoms with Gasteiger partial charge < -0.3 is 9.88 Å². The second-order valence-electron chi connectivity index (χ2n) is 7.49. The van der Waals surface area contributed by atoms with Crippen LogP contribution >= 0.6 is 22.9 Å². The average molecular weight is 493 g/mol. The zero-order chi connectivity index (χ0) is 24.2. The first-order valence-electron chi connectivity index (χ1n) is 10.3. The zero-order valence-electron chi connectivity index (χ0n) is 18.4. The molecule has 2 heterocycles. The van der Waals surface area contributed by atoms with Crippen LogP contribution in [0.5, 0.6) is 0 Å². The number of amides is 3. The summed E-state index contributed by atoms with van der Waals surface area (Å²) in [7, 11) is 0. The molecular weight excluding hydrogens is 472 g/mol. The van der Waals surface area contributed by atoms with E-state index in [0.717, 1.165) is 17.1 Å². The van der Waals surface area contributed by atoms with Gasteiger partial charge in [0.2, 0.25) is 0 Å². The van der Waals surface area contributed by atoms with Gasteiger partial charge in [-0.2, -0.15) is 0 Å². The largest absolute Gasteiger partial charge is 0.320 e. The molecule has 0 radical (unpaired) electrons. The molecule has 172 valence electrons. The normalized spacial score (nSPS) is 10.6. The number of nitrogens with zero attached hydrogens (tertiary/aromatic N) is 1. The number of benzene rings is 2. The van der Waals surface area contributed by atoms with Crippen LogP contribution in [0.2, 0.25) is 5.02 Å². The van der Waals surface area contributed by atoms with Crippen molar-refractivity contribution in [1.82, 2.24) is 15.4 Å². The van der Waals surface area contributed by atoms with Crippen LogP contribution in [0.1, 0.15) is 41.8 Å². The number of carbonyl (C=O) groups is 3. The fourth-order valence-electron chi connectivity index (χ4n) is 3.57. The fourth-order valence-corrected chi connectivity index (χ4v) is 4.36. The van der Waals surface area contributed by atoms with E-state index in [1.165, 1.54) is 29.5 Å². The third-order valence-corrected chi connectivity index (χ3v) is 6.40. The smallest absolute Gasteiger partial charge is 0.271 e. The van der Waals surface area contributed by atoms with Gasteiger partial charge in [-0.05, 0) is 61.7 Å². The van der Waals surface area contributed by atoms with Crippen molar-refractivity contribution in [3.8, 4) is 5.69 Å². The molecule has 0 aliphatic carbocycles. The van der Waals surface area contributed by atoms with Gasteiger partial charge in [-0.15, -0.1) is 11.3 Å². The molecule has 2 aromatic heterocycles. The van der Waals surface area contributed by atoms with Crippen molar-refractivity contribution >= 4 is 46.3 Å². The second kappa shape index (κ2) is 9.94. The highest BCUT2D eigenvalue weighted by Gasteiger charge is 2.18. The summed E-state index contributed by atoms with van der Waals surface area (Å²) in [4.78, 5) is 38.3. The summed E-state index contributed by atoms with van der Waals surface area (Å²) in [6, 6.07) is 19.4. The molecule has 0 saturated carbocycles. The number of aryl methyl sites for hydroxylation is 1. The first-order chi connectivity index (χ1) is 16.3. The van der Waals surface area contributed by atoms with E-state index in [-0.39, 0.29) is 11.5 Å². The van der Waals surface area contributed by atoms with E-state index in [1.807, 2.05) is 48.7 Å². The van der Waals surface area contributed by atoms with Crippen molar-refractivity contribution < 1.29 is 14.4 Å². The molecule has 0 aliphatic heterocycles. The van der Waals surface area contributed by atoms with Crippen molar-refractivity contribution in [1.29, 1.82) is 0 Å². The number of aromatic nitrogens is 1. The Kier molecular flexibility index (Phi) is 6.81. The van der Waals surface area contributed by atoms with Gasteiger partial charge in [0.25, 0.3) is 17.7 Å². The van der Waals surface area contributed by atoms with Crippen molar-refractivity contribution in [2.24, 2.45) is 0 Å². The molecular formula is C25H21ClN4O3S. The van der Waals surface area contributed by atoms with Gasteiger partial charge in [0.15, 0.2) is 0 Å². The molecule has 7 nitrogen and oxygen atoms in total. The molecule has 4 rings (SSSR count). The number of anilines is 1. The Bertz CT molecular complexity index is 1360. The number of thiophene rings is 1. The number of carbonyl (C=O) groups excluding carboxylic acids is 3. The highest BCUT2D eigenvalue weighted by molar-refractivity contribution is 7.12. The molecule has 4 aromatic rings. The van der Waals surface area contributed by atoms with Gasteiger partial charge in [0, 0.05) is 22.6 Å². The maximum Gasteiger partial charge on any atom is 0.271 e. The molecule has 3 N–H and O–H groups in total. The molecule has 0 atom stereocenters. The first kappa shape index (κ1) is 23.3. The third kappa shape index (κ3) is 4.88. The van der Waals surface area contributed by atoms with E-state index in [1.54, 1.807) is 23.6 Å². The zero-order valence-corrected chi connectivity index (χ0v) is 20.0. The van der Waals surface area contributed by atoms with Gasteiger partial charge in [-0.1, -0.05) is 35.9 Å². The van der Waals surface area contributed by atoms with Crippen molar-refractivity contribution in [3.05, 3.63) is 105 Å². The third-order valence-electron chi connectivity index (χ3n) is 5.20. The molecule has 0 spiro atoms. The van der Waals surface area contributed by atoms with Crippen molar-refractivity contribution in [2.75, 3.05) is 5.32 Å². The standard InChI is InChI=1S/C25H21ClN4O3S/c1-15-13-19(16(2)30(15)18-7-4-3-5-8-18)24(32)29-28-23(31)17-10-11-20(26)21(14-17)27-25(33)22-9-6-12-34-22/h3-14H,1-2H3,(H,27,33)(H,28,31)(H,29,32). The minimum absolute atomic E-state index is 0.223. The molecule has 34 heavy (non-hydrogen) atoms. The van der Waals surface area contributed by atoms with Gasteiger partial charge in [-0.25, -0.2) is 0 Å². The highest BCUT2D eigenvalue weighted by Crippen LogP contribution is 2.25. The van der Waals surface area contributed by atoms with Crippen LogP contribution in [0, 0.1) is 13.8 Å². The lowest BCUT2D eigenvalue weighted by Gasteiger charge is -2.11. The molecule has 3 amide bonds. The van der Waals surface area contributed by atoms with Gasteiger partial charge in [0.1, 0.15) is 0 Å². The average Bonchev–Trinajstić information content (AvgIpc) is 3.47. The summed E-state index contributed by atoms with van der Waals surface area (Å²) < 4.78 is 1.97. The van der Waals surface area contributed by atoms with Crippen LogP contribution in [-0.4, -0.2) is 22.3 Å². The SMILES string of the molecule is Cc1cc(C(=O)NNC(=O)c2ccc(Cl)c(NC(=O)c3cccs3)c2)c(C)n1-c1ccccc1. The van der Waals surface area contributed by atoms with Crippen molar-refractivity contribution in [2.45, 2.75) is 13.8 Å². The maximum absolute atomic E-state index is 12.8. The lowest BCUT2D eigenvalue weighted by molar-refractivity contribution is 0.0846. The number of para-hydroxylation sites is 1. The van der Waals surface area contributed by atoms with Crippen LogP contribution in [-0.2, 0) is 0 Å². The number of hydrazine groups is 1. The summed E-state index contributed by atoms with van der Waals surface area (Å²) in [5, 5.41) is 4.78. The minimum atomic E-state index is -0.548. The Morgan fingerprint density at radius 1 is 0.853 bits per heavy atom. The number of hydrogen-bond donors (Lipinski definition) is 3. The summed E-state index contributed by atoms with van der Waals surface area (Å²) in [5.74, 6) is -1.31. The van der Waals surface area contributed by atoms with E-state index in [9.17, 15) is 14.4 Å². The predicted molar refractivity (Wildman–Crippen MR) is 134 cm³/mol. The van der Waals surface area contributed by atoms with E-state index in [0.29, 0.717) is 21.2 Å². The van der Waals surface area contributed by atoms with Gasteiger partial charge in [0.05, 0.1) is 21.2 Å². The second-order valence-corrected chi connectivity index (χ2v) is 8.84. The molecule has 0 saturated heterocycles. The monoisotopic (exact) mass is 492 g/mol. The molecule has 0 unspecified atom stereocenters. The lowest BCUT2D eigenvalue weighted by Crippen LogP contribution is -2.41. The van der Waals surface area contributed by atoms with Gasteiger partial charge >= 0.3 is 0 Å². The van der Waals surface area contributed by atoms with E-state index in [2.05, 4.69) is 16.2 Å². The Morgan fingerprint density at radius 2 is 1.59 bits per heavy atom. The number of hydrogen-bond acceptors (Lipinski definition) is 4. The first-order valence-corrected chi connectivity index (χ1v) is 11.6. The summed E-state index contributed by atoms with van der Waals surface area (Å²) in [5.41, 5.74) is 8.43. The summed E-state index contributed by atoms with van der Waals surface area (Å²) in [6.45, 7) is 3.76. The summed E-state index contributed by atoms with van der Waals surface area (Å²) in [6.07, 6.45) is 0. The van der Waals surface area contributed by atoms with E-state index >= 15 is 0 Å². The lowest BCUT2D eigenvalue weighted by atomic mass is 10.2. The Morgan fingerprint density at radius 3 is 2.29 bits per heavy atom. The van der Waals surface area contributed by atoms with Crippen LogP contribution in [0.15, 0.2) is 72.1 Å². The Hall–Kier alpha value is -3.88. The number of halogens is 1. The molecule has 0 aliphatic rings. The highest BCUT2D eigenvalue weighted by atomic mass is 35.5. The van der Waals surface area contributed by atoms with Gasteiger partial charge in [-0.3, -0.25) is 25.2 Å². The Balaban J connectivity index is 1.45.